The van der Waals surface area contributed by atoms with Crippen LogP contribution in [-0.4, -0.2) is 24.5 Å². The zero-order valence-corrected chi connectivity index (χ0v) is 7.35. The Morgan fingerprint density at radius 3 is 1.12 bits per heavy atom. The van der Waals surface area contributed by atoms with Crippen LogP contribution in [0.3, 0.4) is 0 Å². The van der Waals surface area contributed by atoms with Gasteiger partial charge in [-0.25, -0.2) is 0 Å². The number of rotatable bonds is 3. The van der Waals surface area contributed by atoms with E-state index in [-0.39, 0.29) is 22.4 Å². The van der Waals surface area contributed by atoms with Gasteiger partial charge in [0, 0.05) is 22.4 Å². The molecule has 0 aliphatic carbocycles. The van der Waals surface area contributed by atoms with E-state index >= 15 is 0 Å². The molecule has 0 aromatic rings. The van der Waals surface area contributed by atoms with Crippen LogP contribution in [0.1, 0.15) is 20.8 Å². The average molecular weight is 209 g/mol. The van der Waals surface area contributed by atoms with Gasteiger partial charge in [0.1, 0.15) is 0 Å². The van der Waals surface area contributed by atoms with Crippen LogP contribution in [0.2, 0.25) is 0 Å². The molecule has 0 spiro atoms. The summed E-state index contributed by atoms with van der Waals surface area (Å²) in [7, 11) is 0. The van der Waals surface area contributed by atoms with Gasteiger partial charge in [-0.3, -0.25) is 0 Å². The molecule has 2 heteroatoms. The Bertz CT molecular complexity index is 30.0. The van der Waals surface area contributed by atoms with Crippen molar-refractivity contribution in [2.24, 2.45) is 0 Å². The second-order valence-electron chi connectivity index (χ2n) is 1.62. The van der Waals surface area contributed by atoms with Crippen LogP contribution >= 0.6 is 0 Å². The topological polar surface area (TPSA) is 3.24 Å². The van der Waals surface area contributed by atoms with Crippen molar-refractivity contribution in [2.75, 3.05) is 19.6 Å². The van der Waals surface area contributed by atoms with Crippen molar-refractivity contribution in [1.29, 1.82) is 0 Å². The van der Waals surface area contributed by atoms with Crippen molar-refractivity contribution in [3.8, 4) is 0 Å². The first-order valence-electron chi connectivity index (χ1n) is 3.07. The van der Waals surface area contributed by atoms with Crippen LogP contribution in [0.25, 0.3) is 0 Å². The fourth-order valence-electron chi connectivity index (χ4n) is 0.671. The molecule has 0 saturated heterocycles. The minimum Gasteiger partial charge on any atom is -0.304 e. The van der Waals surface area contributed by atoms with E-state index in [1.807, 2.05) is 0 Å². The second-order valence-corrected chi connectivity index (χ2v) is 1.62. The first-order chi connectivity index (χ1) is 3.35. The molecule has 0 atom stereocenters. The maximum atomic E-state index is 2.38. The molecule has 0 rings (SSSR count). The molecule has 0 aliphatic heterocycles. The average Bonchev–Trinajstić information content (AvgIpc) is 1.72. The van der Waals surface area contributed by atoms with E-state index in [9.17, 15) is 0 Å². The third-order valence-corrected chi connectivity index (χ3v) is 1.34. The van der Waals surface area contributed by atoms with Gasteiger partial charge >= 0.3 is 0 Å². The minimum absolute atomic E-state index is 0. The van der Waals surface area contributed by atoms with Gasteiger partial charge in [-0.2, -0.15) is 0 Å². The predicted octanol–water partition coefficient (Wildman–Crippen LogP) is 1.35. The maximum absolute atomic E-state index is 2.38. The van der Waals surface area contributed by atoms with E-state index < -0.39 is 0 Å². The Morgan fingerprint density at radius 1 is 0.875 bits per heavy atom. The van der Waals surface area contributed by atoms with Gasteiger partial charge in [0.15, 0.2) is 0 Å². The summed E-state index contributed by atoms with van der Waals surface area (Å²) in [4.78, 5) is 2.38. The SMILES string of the molecule is CCN(CC)CC.[Ag]. The molecule has 0 unspecified atom stereocenters. The Labute approximate surface area is 68.0 Å². The zero-order chi connectivity index (χ0) is 5.70. The van der Waals surface area contributed by atoms with Crippen LogP contribution in [0, 0.1) is 0 Å². The molecule has 0 amide bonds. The van der Waals surface area contributed by atoms with Crippen molar-refractivity contribution in [3.63, 3.8) is 0 Å². The van der Waals surface area contributed by atoms with Gasteiger partial charge in [-0.15, -0.1) is 0 Å². The molecule has 55 valence electrons. The molecule has 0 bridgehead atoms. The van der Waals surface area contributed by atoms with E-state index in [1.165, 1.54) is 19.6 Å². The zero-order valence-electron chi connectivity index (χ0n) is 5.87. The first-order valence-corrected chi connectivity index (χ1v) is 3.07. The summed E-state index contributed by atoms with van der Waals surface area (Å²) in [6.07, 6.45) is 0. The summed E-state index contributed by atoms with van der Waals surface area (Å²) in [6.45, 7) is 10.1. The van der Waals surface area contributed by atoms with Crippen molar-refractivity contribution >= 4 is 0 Å². The molecule has 8 heavy (non-hydrogen) atoms. The van der Waals surface area contributed by atoms with Crippen LogP contribution in [0.5, 0.6) is 0 Å². The monoisotopic (exact) mass is 208 g/mol. The Balaban J connectivity index is 0. The van der Waals surface area contributed by atoms with Crippen LogP contribution in [-0.2, 0) is 22.4 Å². The van der Waals surface area contributed by atoms with E-state index in [2.05, 4.69) is 25.7 Å². The van der Waals surface area contributed by atoms with Gasteiger partial charge < -0.3 is 4.90 Å². The largest absolute Gasteiger partial charge is 0.304 e. The summed E-state index contributed by atoms with van der Waals surface area (Å²) in [5.74, 6) is 0. The molecule has 0 N–H and O–H groups in total. The second kappa shape index (κ2) is 7.70. The minimum atomic E-state index is 0. The van der Waals surface area contributed by atoms with E-state index in [0.717, 1.165) is 0 Å². The summed E-state index contributed by atoms with van der Waals surface area (Å²) in [6, 6.07) is 0. The molecule has 0 aliphatic rings. The van der Waals surface area contributed by atoms with Crippen molar-refractivity contribution in [2.45, 2.75) is 20.8 Å². The molecule has 1 radical (unpaired) electrons. The van der Waals surface area contributed by atoms with Crippen molar-refractivity contribution < 1.29 is 22.4 Å². The fourth-order valence-corrected chi connectivity index (χ4v) is 0.671. The van der Waals surface area contributed by atoms with Gasteiger partial charge in [-0.05, 0) is 19.6 Å². The molecule has 0 aromatic heterocycles. The summed E-state index contributed by atoms with van der Waals surface area (Å²) < 4.78 is 0. The van der Waals surface area contributed by atoms with Crippen LogP contribution < -0.4 is 0 Å². The summed E-state index contributed by atoms with van der Waals surface area (Å²) >= 11 is 0. The van der Waals surface area contributed by atoms with E-state index in [4.69, 9.17) is 0 Å². The summed E-state index contributed by atoms with van der Waals surface area (Å²) in [5.41, 5.74) is 0. The number of nitrogens with zero attached hydrogens (tertiary/aromatic N) is 1. The normalized spacial score (nSPS) is 9.00. The van der Waals surface area contributed by atoms with Gasteiger partial charge in [0.2, 0.25) is 0 Å². The van der Waals surface area contributed by atoms with Crippen LogP contribution in [0.4, 0.5) is 0 Å². The number of hydrogen-bond donors (Lipinski definition) is 0. The quantitative estimate of drug-likeness (QED) is 0.634. The standard InChI is InChI=1S/C6H15N.Ag/c1-4-7(5-2)6-3;/h4-6H2,1-3H3;. The molecule has 1 nitrogen and oxygen atoms in total. The Morgan fingerprint density at radius 2 is 1.12 bits per heavy atom. The van der Waals surface area contributed by atoms with Crippen molar-refractivity contribution in [3.05, 3.63) is 0 Å². The Kier molecular flexibility index (Phi) is 11.1. The van der Waals surface area contributed by atoms with E-state index in [1.54, 1.807) is 0 Å². The van der Waals surface area contributed by atoms with Crippen LogP contribution in [0.15, 0.2) is 0 Å². The molecule has 0 aromatic carbocycles. The van der Waals surface area contributed by atoms with Gasteiger partial charge in [0.25, 0.3) is 0 Å². The predicted molar refractivity (Wildman–Crippen MR) is 33.5 cm³/mol. The number of hydrogen-bond acceptors (Lipinski definition) is 1. The summed E-state index contributed by atoms with van der Waals surface area (Å²) in [5, 5.41) is 0. The van der Waals surface area contributed by atoms with Crippen molar-refractivity contribution in [1.82, 2.24) is 4.90 Å². The van der Waals surface area contributed by atoms with E-state index in [0.29, 0.717) is 0 Å². The molecular weight excluding hydrogens is 194 g/mol. The van der Waals surface area contributed by atoms with Gasteiger partial charge in [-0.1, -0.05) is 20.8 Å². The smallest absolute Gasteiger partial charge is 0 e. The molecular formula is C6H15AgN. The molecule has 0 heterocycles. The maximum Gasteiger partial charge on any atom is 0 e. The fraction of sp³-hybridized carbons (Fsp3) is 1.00. The first kappa shape index (κ1) is 11.5. The molecule has 0 fully saturated rings. The van der Waals surface area contributed by atoms with Gasteiger partial charge in [0.05, 0.1) is 0 Å². The third-order valence-electron chi connectivity index (χ3n) is 1.34. The third kappa shape index (κ3) is 4.85. The molecule has 0 saturated carbocycles. The Hall–Kier alpha value is 0.700.